The number of thiol groups is 2. The lowest BCUT2D eigenvalue weighted by molar-refractivity contribution is 0.107. The zero-order valence-corrected chi connectivity index (χ0v) is 12.7. The van der Waals surface area contributed by atoms with E-state index in [1.54, 1.807) is 0 Å². The highest BCUT2D eigenvalue weighted by Crippen LogP contribution is 2.05. The predicted molar refractivity (Wildman–Crippen MR) is 89.1 cm³/mol. The maximum atomic E-state index is 5.61. The van der Waals surface area contributed by atoms with Gasteiger partial charge in [0.25, 0.3) is 0 Å². The SMILES string of the molecule is SCCS.c1ccc(COCc2ccccc2)cc1. The minimum absolute atomic E-state index is 0.676. The molecule has 2 aromatic rings. The summed E-state index contributed by atoms with van der Waals surface area (Å²) in [5.41, 5.74) is 2.43. The molecule has 0 N–H and O–H groups in total. The van der Waals surface area contributed by atoms with Gasteiger partial charge in [0.2, 0.25) is 0 Å². The summed E-state index contributed by atoms with van der Waals surface area (Å²) in [6.07, 6.45) is 0. The Bertz CT molecular complexity index is 376. The quantitative estimate of drug-likeness (QED) is 0.783. The van der Waals surface area contributed by atoms with Gasteiger partial charge in [-0.1, -0.05) is 60.7 Å². The summed E-state index contributed by atoms with van der Waals surface area (Å²) in [5.74, 6) is 1.76. The fraction of sp³-hybridized carbons (Fsp3) is 0.250. The van der Waals surface area contributed by atoms with Crippen molar-refractivity contribution in [1.82, 2.24) is 0 Å². The number of benzene rings is 2. The monoisotopic (exact) mass is 292 g/mol. The molecule has 0 saturated heterocycles. The molecule has 0 aliphatic heterocycles. The molecule has 0 radical (unpaired) electrons. The molecule has 0 atom stereocenters. The van der Waals surface area contributed by atoms with E-state index in [4.69, 9.17) is 4.74 Å². The van der Waals surface area contributed by atoms with Crippen molar-refractivity contribution in [2.24, 2.45) is 0 Å². The molecule has 0 unspecified atom stereocenters. The molecule has 0 amide bonds. The van der Waals surface area contributed by atoms with E-state index in [2.05, 4.69) is 49.5 Å². The maximum absolute atomic E-state index is 5.61. The summed E-state index contributed by atoms with van der Waals surface area (Å²) in [6.45, 7) is 1.35. The number of hydrogen-bond acceptors (Lipinski definition) is 3. The normalized spacial score (nSPS) is 9.58. The lowest BCUT2D eigenvalue weighted by Gasteiger charge is -2.03. The Morgan fingerprint density at radius 3 is 1.32 bits per heavy atom. The van der Waals surface area contributed by atoms with Crippen molar-refractivity contribution in [3.05, 3.63) is 71.8 Å². The molecule has 19 heavy (non-hydrogen) atoms. The van der Waals surface area contributed by atoms with Crippen LogP contribution in [0, 0.1) is 0 Å². The molecule has 0 heterocycles. The molecule has 0 bridgehead atoms. The largest absolute Gasteiger partial charge is 0.372 e. The zero-order valence-electron chi connectivity index (χ0n) is 10.9. The highest BCUT2D eigenvalue weighted by Gasteiger charge is 1.93. The molecule has 2 rings (SSSR count). The standard InChI is InChI=1S/C14H14O.C2H6S2/c1-3-7-13(8-4-1)11-15-12-14-9-5-2-6-10-14;3-1-2-4/h1-10H,11-12H2;3-4H,1-2H2. The van der Waals surface area contributed by atoms with Crippen LogP contribution < -0.4 is 0 Å². The van der Waals surface area contributed by atoms with E-state index in [1.807, 2.05) is 36.4 Å². The predicted octanol–water partition coefficient (Wildman–Crippen LogP) is 4.25. The van der Waals surface area contributed by atoms with Crippen LogP contribution in [-0.2, 0) is 18.0 Å². The first-order chi connectivity index (χ1) is 9.36. The van der Waals surface area contributed by atoms with Crippen molar-refractivity contribution in [2.45, 2.75) is 13.2 Å². The molecule has 0 aliphatic rings. The molecule has 102 valence electrons. The topological polar surface area (TPSA) is 9.23 Å². The van der Waals surface area contributed by atoms with Gasteiger partial charge in [-0.15, -0.1) is 0 Å². The number of rotatable bonds is 5. The van der Waals surface area contributed by atoms with Gasteiger partial charge in [0.05, 0.1) is 13.2 Å². The van der Waals surface area contributed by atoms with Crippen molar-refractivity contribution < 1.29 is 4.74 Å². The summed E-state index contributed by atoms with van der Waals surface area (Å²) in [5, 5.41) is 0. The van der Waals surface area contributed by atoms with Gasteiger partial charge in [-0.2, -0.15) is 25.3 Å². The highest BCUT2D eigenvalue weighted by molar-refractivity contribution is 7.84. The Kier molecular flexibility index (Phi) is 9.33. The first-order valence-corrected chi connectivity index (χ1v) is 7.50. The Morgan fingerprint density at radius 2 is 1.00 bits per heavy atom. The Hall–Kier alpha value is -0.900. The van der Waals surface area contributed by atoms with Gasteiger partial charge < -0.3 is 4.74 Å². The van der Waals surface area contributed by atoms with Crippen LogP contribution in [0.3, 0.4) is 0 Å². The second-order valence-corrected chi connectivity index (χ2v) is 4.81. The van der Waals surface area contributed by atoms with Gasteiger partial charge in [0, 0.05) is 0 Å². The second-order valence-electron chi connectivity index (χ2n) is 3.91. The van der Waals surface area contributed by atoms with E-state index < -0.39 is 0 Å². The highest BCUT2D eigenvalue weighted by atomic mass is 32.1. The van der Waals surface area contributed by atoms with Crippen LogP contribution in [0.25, 0.3) is 0 Å². The summed E-state index contributed by atoms with van der Waals surface area (Å²) in [7, 11) is 0. The van der Waals surface area contributed by atoms with Crippen molar-refractivity contribution in [2.75, 3.05) is 11.5 Å². The Balaban J connectivity index is 0.000000399. The Morgan fingerprint density at radius 1 is 0.632 bits per heavy atom. The molecule has 0 spiro atoms. The summed E-state index contributed by atoms with van der Waals surface area (Å²) in [6, 6.07) is 20.4. The van der Waals surface area contributed by atoms with Crippen LogP contribution in [0.4, 0.5) is 0 Å². The molecule has 0 aliphatic carbocycles. The van der Waals surface area contributed by atoms with Gasteiger partial charge in [-0.25, -0.2) is 0 Å². The van der Waals surface area contributed by atoms with Gasteiger partial charge >= 0.3 is 0 Å². The van der Waals surface area contributed by atoms with Crippen LogP contribution in [0.1, 0.15) is 11.1 Å². The first-order valence-electron chi connectivity index (χ1n) is 6.24. The van der Waals surface area contributed by atoms with Crippen LogP contribution in [0.15, 0.2) is 60.7 Å². The van der Waals surface area contributed by atoms with Crippen molar-refractivity contribution in [3.8, 4) is 0 Å². The minimum Gasteiger partial charge on any atom is -0.372 e. The zero-order chi connectivity index (χ0) is 13.8. The van der Waals surface area contributed by atoms with E-state index >= 15 is 0 Å². The molecule has 3 heteroatoms. The van der Waals surface area contributed by atoms with Crippen LogP contribution in [0.5, 0.6) is 0 Å². The summed E-state index contributed by atoms with van der Waals surface area (Å²) in [4.78, 5) is 0. The van der Waals surface area contributed by atoms with E-state index in [9.17, 15) is 0 Å². The van der Waals surface area contributed by atoms with Gasteiger partial charge in [0.15, 0.2) is 0 Å². The van der Waals surface area contributed by atoms with Crippen molar-refractivity contribution in [3.63, 3.8) is 0 Å². The summed E-state index contributed by atoms with van der Waals surface area (Å²) < 4.78 is 5.61. The molecular weight excluding hydrogens is 272 g/mol. The van der Waals surface area contributed by atoms with Crippen LogP contribution in [0.2, 0.25) is 0 Å². The van der Waals surface area contributed by atoms with E-state index in [1.165, 1.54) is 11.1 Å². The van der Waals surface area contributed by atoms with Gasteiger partial charge in [-0.3, -0.25) is 0 Å². The maximum Gasteiger partial charge on any atom is 0.0721 e. The molecule has 2 aromatic carbocycles. The average molecular weight is 292 g/mol. The van der Waals surface area contributed by atoms with E-state index in [-0.39, 0.29) is 0 Å². The third kappa shape index (κ3) is 7.98. The molecule has 0 aromatic heterocycles. The average Bonchev–Trinajstić information content (AvgIpc) is 2.50. The minimum atomic E-state index is 0.676. The smallest absolute Gasteiger partial charge is 0.0721 e. The lowest BCUT2D eigenvalue weighted by Crippen LogP contribution is -1.93. The summed E-state index contributed by atoms with van der Waals surface area (Å²) >= 11 is 7.69. The van der Waals surface area contributed by atoms with Crippen molar-refractivity contribution in [1.29, 1.82) is 0 Å². The lowest BCUT2D eigenvalue weighted by atomic mass is 10.2. The van der Waals surface area contributed by atoms with Crippen LogP contribution in [-0.4, -0.2) is 11.5 Å². The second kappa shape index (κ2) is 11.0. The molecule has 1 nitrogen and oxygen atoms in total. The number of ether oxygens (including phenoxy) is 1. The molecule has 0 saturated carbocycles. The van der Waals surface area contributed by atoms with E-state index in [0.717, 1.165) is 11.5 Å². The number of hydrogen-bond donors (Lipinski definition) is 2. The Labute approximate surface area is 126 Å². The first kappa shape index (κ1) is 16.2. The van der Waals surface area contributed by atoms with Crippen LogP contribution >= 0.6 is 25.3 Å². The van der Waals surface area contributed by atoms with Crippen molar-refractivity contribution >= 4 is 25.3 Å². The fourth-order valence-corrected chi connectivity index (χ4v) is 1.44. The van der Waals surface area contributed by atoms with Gasteiger partial charge in [-0.05, 0) is 22.6 Å². The molecule has 0 fully saturated rings. The fourth-order valence-electron chi connectivity index (χ4n) is 1.44. The third-order valence-electron chi connectivity index (χ3n) is 2.32. The third-order valence-corrected chi connectivity index (χ3v) is 3.12. The van der Waals surface area contributed by atoms with E-state index in [0.29, 0.717) is 13.2 Å². The van der Waals surface area contributed by atoms with Gasteiger partial charge in [0.1, 0.15) is 0 Å². The molecular formula is C16H20OS2.